The lowest BCUT2D eigenvalue weighted by Gasteiger charge is -2.29. The molecule has 0 radical (unpaired) electrons. The predicted octanol–water partition coefficient (Wildman–Crippen LogP) is 4.70. The molecule has 0 unspecified atom stereocenters. The van der Waals surface area contributed by atoms with Crippen molar-refractivity contribution in [1.29, 1.82) is 5.26 Å². The molecule has 0 aliphatic heterocycles. The van der Waals surface area contributed by atoms with E-state index in [1.54, 1.807) is 0 Å². The Labute approximate surface area is 124 Å². The minimum atomic E-state index is -4.43. The molecule has 21 heavy (non-hydrogen) atoms. The molecule has 2 nitrogen and oxygen atoms in total. The predicted molar refractivity (Wildman–Crippen MR) is 78.0 cm³/mol. The van der Waals surface area contributed by atoms with Crippen LogP contribution >= 0.6 is 0 Å². The van der Waals surface area contributed by atoms with Crippen molar-refractivity contribution in [2.75, 3.05) is 18.0 Å². The largest absolute Gasteiger partial charge is 0.416 e. The summed E-state index contributed by atoms with van der Waals surface area (Å²) < 4.78 is 38.2. The average Bonchev–Trinajstić information content (AvgIpc) is 2.35. The number of hydrogen-bond acceptors (Lipinski definition) is 2. The molecular weight excluding hydrogens is 277 g/mol. The first-order valence-electron chi connectivity index (χ1n) is 7.01. The highest BCUT2D eigenvalue weighted by molar-refractivity contribution is 5.61. The van der Waals surface area contributed by atoms with Crippen LogP contribution in [0.3, 0.4) is 0 Å². The second-order valence-electron chi connectivity index (χ2n) is 6.03. The van der Waals surface area contributed by atoms with Crippen LogP contribution in [-0.2, 0) is 6.18 Å². The van der Waals surface area contributed by atoms with Crippen LogP contribution in [0.5, 0.6) is 0 Å². The molecule has 1 rings (SSSR count). The minimum absolute atomic E-state index is 0.0751. The van der Waals surface area contributed by atoms with Gasteiger partial charge in [-0.25, -0.2) is 0 Å². The molecule has 0 aromatic heterocycles. The molecule has 0 saturated carbocycles. The van der Waals surface area contributed by atoms with Crippen molar-refractivity contribution in [3.8, 4) is 6.07 Å². The molecule has 0 saturated heterocycles. The molecule has 0 aliphatic carbocycles. The van der Waals surface area contributed by atoms with Gasteiger partial charge in [-0.3, -0.25) is 0 Å². The van der Waals surface area contributed by atoms with Gasteiger partial charge in [-0.05, 0) is 30.0 Å². The summed E-state index contributed by atoms with van der Waals surface area (Å²) in [6.07, 6.45) is -4.43. The summed E-state index contributed by atoms with van der Waals surface area (Å²) in [6.45, 7) is 9.59. The van der Waals surface area contributed by atoms with E-state index in [2.05, 4.69) is 0 Å². The molecular formula is C16H21F3N2. The minimum Gasteiger partial charge on any atom is -0.370 e. The zero-order valence-corrected chi connectivity index (χ0v) is 12.8. The summed E-state index contributed by atoms with van der Waals surface area (Å²) in [6, 6.07) is 5.28. The van der Waals surface area contributed by atoms with Gasteiger partial charge in [0, 0.05) is 13.1 Å². The van der Waals surface area contributed by atoms with Crippen LogP contribution in [0.15, 0.2) is 18.2 Å². The Morgan fingerprint density at radius 1 is 1.10 bits per heavy atom. The first-order valence-corrected chi connectivity index (χ1v) is 7.01. The third-order valence-electron chi connectivity index (χ3n) is 2.96. The van der Waals surface area contributed by atoms with Gasteiger partial charge in [-0.2, -0.15) is 18.4 Å². The number of nitrogens with zero attached hydrogens (tertiary/aromatic N) is 2. The van der Waals surface area contributed by atoms with Crippen LogP contribution in [0.4, 0.5) is 18.9 Å². The normalized spacial score (nSPS) is 11.8. The lowest BCUT2D eigenvalue weighted by Crippen LogP contribution is -2.32. The molecule has 0 spiro atoms. The van der Waals surface area contributed by atoms with Gasteiger partial charge in [0.2, 0.25) is 0 Å². The van der Waals surface area contributed by atoms with Crippen LogP contribution in [0.2, 0.25) is 0 Å². The maximum atomic E-state index is 12.7. The van der Waals surface area contributed by atoms with Crippen molar-refractivity contribution >= 4 is 5.69 Å². The summed E-state index contributed by atoms with van der Waals surface area (Å²) in [7, 11) is 0. The van der Waals surface area contributed by atoms with Gasteiger partial charge in [0.25, 0.3) is 0 Å². The first kappa shape index (κ1) is 17.4. The number of halogens is 3. The van der Waals surface area contributed by atoms with Crippen LogP contribution in [0.25, 0.3) is 0 Å². The number of benzene rings is 1. The van der Waals surface area contributed by atoms with Crippen molar-refractivity contribution in [3.05, 3.63) is 29.3 Å². The Morgan fingerprint density at radius 2 is 1.62 bits per heavy atom. The fraction of sp³-hybridized carbons (Fsp3) is 0.562. The molecule has 1 aromatic rings. The topological polar surface area (TPSA) is 27.0 Å². The van der Waals surface area contributed by atoms with E-state index in [0.29, 0.717) is 30.6 Å². The lowest BCUT2D eigenvalue weighted by atomic mass is 10.0. The SMILES string of the molecule is CC(C)CN(CC(C)C)c1ccc(C(F)(F)F)cc1C#N. The lowest BCUT2D eigenvalue weighted by molar-refractivity contribution is -0.137. The number of alkyl halides is 3. The van der Waals surface area contributed by atoms with Gasteiger partial charge < -0.3 is 4.90 Å². The van der Waals surface area contributed by atoms with Crippen molar-refractivity contribution in [2.45, 2.75) is 33.9 Å². The fourth-order valence-corrected chi connectivity index (χ4v) is 2.23. The highest BCUT2D eigenvalue weighted by Gasteiger charge is 2.31. The Balaban J connectivity index is 3.22. The average molecular weight is 298 g/mol. The molecule has 0 amide bonds. The van der Waals surface area contributed by atoms with E-state index in [1.807, 2.05) is 38.7 Å². The van der Waals surface area contributed by atoms with Crippen molar-refractivity contribution in [2.24, 2.45) is 11.8 Å². The van der Waals surface area contributed by atoms with E-state index in [0.717, 1.165) is 12.1 Å². The molecule has 1 aromatic carbocycles. The van der Waals surface area contributed by atoms with Crippen molar-refractivity contribution < 1.29 is 13.2 Å². The monoisotopic (exact) mass is 298 g/mol. The quantitative estimate of drug-likeness (QED) is 0.788. The van der Waals surface area contributed by atoms with E-state index in [9.17, 15) is 18.4 Å². The van der Waals surface area contributed by atoms with Crippen LogP contribution in [0.1, 0.15) is 38.8 Å². The highest BCUT2D eigenvalue weighted by atomic mass is 19.4. The van der Waals surface area contributed by atoms with E-state index in [1.165, 1.54) is 6.07 Å². The molecule has 5 heteroatoms. The van der Waals surface area contributed by atoms with Gasteiger partial charge in [0.1, 0.15) is 6.07 Å². The molecule has 0 atom stereocenters. The van der Waals surface area contributed by atoms with Gasteiger partial charge in [0.05, 0.1) is 16.8 Å². The van der Waals surface area contributed by atoms with E-state index < -0.39 is 11.7 Å². The van der Waals surface area contributed by atoms with Gasteiger partial charge in [-0.1, -0.05) is 27.7 Å². The van der Waals surface area contributed by atoms with Crippen molar-refractivity contribution in [3.63, 3.8) is 0 Å². The summed E-state index contributed by atoms with van der Waals surface area (Å²) >= 11 is 0. The van der Waals surface area contributed by atoms with E-state index in [-0.39, 0.29) is 5.56 Å². The Hall–Kier alpha value is -1.70. The number of nitriles is 1. The molecule has 116 valence electrons. The van der Waals surface area contributed by atoms with Gasteiger partial charge in [0.15, 0.2) is 0 Å². The third kappa shape index (κ3) is 4.96. The summed E-state index contributed by atoms with van der Waals surface area (Å²) in [5.41, 5.74) is -0.129. The second-order valence-corrected chi connectivity index (χ2v) is 6.03. The molecule has 0 aliphatic rings. The maximum absolute atomic E-state index is 12.7. The van der Waals surface area contributed by atoms with E-state index >= 15 is 0 Å². The highest BCUT2D eigenvalue weighted by Crippen LogP contribution is 2.33. The van der Waals surface area contributed by atoms with Crippen LogP contribution in [-0.4, -0.2) is 13.1 Å². The Kier molecular flexibility index (Phi) is 5.65. The summed E-state index contributed by atoms with van der Waals surface area (Å²) in [4.78, 5) is 1.99. The molecule has 0 N–H and O–H groups in total. The summed E-state index contributed by atoms with van der Waals surface area (Å²) in [5.74, 6) is 0.718. The fourth-order valence-electron chi connectivity index (χ4n) is 2.23. The number of hydrogen-bond donors (Lipinski definition) is 0. The zero-order chi connectivity index (χ0) is 16.2. The van der Waals surface area contributed by atoms with Gasteiger partial charge >= 0.3 is 6.18 Å². The maximum Gasteiger partial charge on any atom is 0.416 e. The number of rotatable bonds is 5. The van der Waals surface area contributed by atoms with Crippen molar-refractivity contribution in [1.82, 2.24) is 0 Å². The standard InChI is InChI=1S/C16H21F3N2/c1-11(2)9-21(10-12(3)4)15-6-5-14(16(17,18)19)7-13(15)8-20/h5-7,11-12H,9-10H2,1-4H3. The molecule has 0 bridgehead atoms. The second kappa shape index (κ2) is 6.84. The number of anilines is 1. The summed E-state index contributed by atoms with van der Waals surface area (Å²) in [5, 5.41) is 9.18. The third-order valence-corrected chi connectivity index (χ3v) is 2.96. The molecule has 0 fully saturated rings. The Morgan fingerprint density at radius 3 is 2.00 bits per heavy atom. The smallest absolute Gasteiger partial charge is 0.370 e. The first-order chi connectivity index (χ1) is 9.65. The van der Waals surface area contributed by atoms with E-state index in [4.69, 9.17) is 0 Å². The van der Waals surface area contributed by atoms with Gasteiger partial charge in [-0.15, -0.1) is 0 Å². The molecule has 0 heterocycles. The Bertz CT molecular complexity index is 503. The van der Waals surface area contributed by atoms with Crippen LogP contribution in [0, 0.1) is 23.2 Å². The van der Waals surface area contributed by atoms with Crippen LogP contribution < -0.4 is 4.90 Å². The zero-order valence-electron chi connectivity index (χ0n) is 12.8.